The first-order chi connectivity index (χ1) is 18.6. The highest BCUT2D eigenvalue weighted by Gasteiger charge is 2.21. The first-order valence-corrected chi connectivity index (χ1v) is 13.6. The summed E-state index contributed by atoms with van der Waals surface area (Å²) in [5.41, 5.74) is 9.28. The zero-order valence-corrected chi connectivity index (χ0v) is 22.4. The first-order valence-electron chi connectivity index (χ1n) is 13.6. The van der Waals surface area contributed by atoms with Gasteiger partial charge in [0.2, 0.25) is 12.2 Å². The van der Waals surface area contributed by atoms with Crippen LogP contribution in [0.5, 0.6) is 5.75 Å². The van der Waals surface area contributed by atoms with E-state index >= 15 is 0 Å². The van der Waals surface area contributed by atoms with E-state index in [4.69, 9.17) is 20.0 Å². The molecule has 204 valence electrons. The lowest BCUT2D eigenvalue weighted by Crippen LogP contribution is -2.38. The number of aromatic nitrogens is 3. The van der Waals surface area contributed by atoms with Crippen LogP contribution in [-0.4, -0.2) is 66.6 Å². The van der Waals surface area contributed by atoms with Gasteiger partial charge in [0.15, 0.2) is 5.84 Å². The number of amidine groups is 1. The Balaban J connectivity index is 1.04. The third-order valence-electron chi connectivity index (χ3n) is 7.52. The highest BCUT2D eigenvalue weighted by atomic mass is 16.8. The summed E-state index contributed by atoms with van der Waals surface area (Å²) in [6.07, 6.45) is 11.5. The number of anilines is 1. The van der Waals surface area contributed by atoms with Gasteiger partial charge in [-0.3, -0.25) is 0 Å². The number of piperidine rings is 1. The molecule has 38 heavy (non-hydrogen) atoms. The quantitative estimate of drug-likeness (QED) is 0.181. The van der Waals surface area contributed by atoms with Crippen molar-refractivity contribution in [3.05, 3.63) is 47.9 Å². The van der Waals surface area contributed by atoms with Crippen molar-refractivity contribution in [1.29, 1.82) is 0 Å². The summed E-state index contributed by atoms with van der Waals surface area (Å²) >= 11 is 0. The van der Waals surface area contributed by atoms with Gasteiger partial charge in [-0.05, 0) is 68.8 Å². The minimum Gasteiger partial charge on any atom is -0.497 e. The Morgan fingerprint density at radius 1 is 1.18 bits per heavy atom. The summed E-state index contributed by atoms with van der Waals surface area (Å²) in [6, 6.07) is 6.30. The molecule has 3 N–H and O–H groups in total. The second kappa shape index (κ2) is 12.4. The fourth-order valence-corrected chi connectivity index (χ4v) is 5.22. The van der Waals surface area contributed by atoms with Crippen molar-refractivity contribution < 1.29 is 14.3 Å². The molecule has 1 atom stereocenters. The van der Waals surface area contributed by atoms with Gasteiger partial charge in [0.05, 0.1) is 24.8 Å². The predicted octanol–water partition coefficient (Wildman–Crippen LogP) is 3.19. The molecule has 10 nitrogen and oxygen atoms in total. The molecule has 0 bridgehead atoms. The minimum atomic E-state index is -0.318. The number of hydrogen-bond donors (Lipinski definition) is 2. The van der Waals surface area contributed by atoms with E-state index in [0.29, 0.717) is 18.1 Å². The summed E-state index contributed by atoms with van der Waals surface area (Å²) in [7, 11) is 3.80. The topological polar surface area (TPSA) is 112 Å². The molecule has 10 heteroatoms. The van der Waals surface area contributed by atoms with Gasteiger partial charge in [0.25, 0.3) is 0 Å². The summed E-state index contributed by atoms with van der Waals surface area (Å²) in [5, 5.41) is 8.99. The molecular weight excluding hydrogens is 482 g/mol. The van der Waals surface area contributed by atoms with Crippen molar-refractivity contribution in [3.63, 3.8) is 0 Å². The van der Waals surface area contributed by atoms with Crippen LogP contribution in [-0.2, 0) is 23.0 Å². The molecule has 1 aromatic carbocycles. The molecule has 5 rings (SSSR count). The number of rotatable bonds is 10. The Bertz CT molecular complexity index is 1210. The highest BCUT2D eigenvalue weighted by molar-refractivity contribution is 5.96. The average molecular weight is 522 g/mol. The zero-order valence-electron chi connectivity index (χ0n) is 22.4. The summed E-state index contributed by atoms with van der Waals surface area (Å²) in [6.45, 7) is 4.59. The normalized spacial score (nSPS) is 19.2. The van der Waals surface area contributed by atoms with Gasteiger partial charge >= 0.3 is 0 Å². The molecular formula is C28H39N7O3. The van der Waals surface area contributed by atoms with Gasteiger partial charge in [-0.25, -0.2) is 9.97 Å². The number of fused-ring (bicyclic) bond motifs is 1. The van der Waals surface area contributed by atoms with Crippen LogP contribution in [0.3, 0.4) is 0 Å². The van der Waals surface area contributed by atoms with Crippen molar-refractivity contribution in [1.82, 2.24) is 19.9 Å². The Hall–Kier alpha value is -3.37. The Morgan fingerprint density at radius 3 is 2.74 bits per heavy atom. The van der Waals surface area contributed by atoms with Gasteiger partial charge in [-0.1, -0.05) is 5.16 Å². The lowest BCUT2D eigenvalue weighted by atomic mass is 9.97. The van der Waals surface area contributed by atoms with Crippen molar-refractivity contribution in [2.45, 2.75) is 44.8 Å². The van der Waals surface area contributed by atoms with E-state index in [-0.39, 0.29) is 12.1 Å². The third-order valence-corrected chi connectivity index (χ3v) is 7.52. The molecule has 0 amide bonds. The van der Waals surface area contributed by atoms with Crippen LogP contribution in [0, 0.1) is 5.92 Å². The van der Waals surface area contributed by atoms with Gasteiger partial charge in [-0.2, -0.15) is 0 Å². The third kappa shape index (κ3) is 6.36. The Labute approximate surface area is 224 Å². The molecule has 3 aromatic rings. The van der Waals surface area contributed by atoms with Crippen LogP contribution in [0.25, 0.3) is 10.9 Å². The van der Waals surface area contributed by atoms with Crippen molar-refractivity contribution in [2.24, 2.45) is 23.9 Å². The molecule has 2 aliphatic heterocycles. The first kappa shape index (κ1) is 26.2. The van der Waals surface area contributed by atoms with Crippen LogP contribution in [0.4, 0.5) is 5.95 Å². The number of nitrogens with zero attached hydrogens (tertiary/aromatic N) is 5. The molecule has 2 aromatic heterocycles. The average Bonchev–Trinajstić information content (AvgIpc) is 3.29. The van der Waals surface area contributed by atoms with Gasteiger partial charge in [0.1, 0.15) is 5.75 Å². The standard InChI is InChI=1S/C28H39N7O3/c1-34-19-21(24-7-6-23(36-2)15-25(24)34)8-11-30-16-20-9-12-35(13-10-20)28-31-17-22(18-32-28)27(29)33-38-26-5-3-4-14-37-26/h6-7,15,17-20,26,30H,3-5,8-14,16H2,1-2H3,(H2,29,33). The lowest BCUT2D eigenvalue weighted by molar-refractivity contribution is -0.162. The van der Waals surface area contributed by atoms with Crippen molar-refractivity contribution >= 4 is 22.7 Å². The summed E-state index contributed by atoms with van der Waals surface area (Å²) in [4.78, 5) is 16.7. The zero-order chi connectivity index (χ0) is 26.3. The number of hydrogen-bond acceptors (Lipinski definition) is 8. The molecule has 0 radical (unpaired) electrons. The van der Waals surface area contributed by atoms with Gasteiger partial charge in [-0.15, -0.1) is 0 Å². The number of ether oxygens (including phenoxy) is 2. The molecule has 2 fully saturated rings. The number of benzene rings is 1. The Kier molecular flexibility index (Phi) is 8.60. The largest absolute Gasteiger partial charge is 0.497 e. The fourth-order valence-electron chi connectivity index (χ4n) is 5.22. The highest BCUT2D eigenvalue weighted by Crippen LogP contribution is 2.25. The maximum Gasteiger partial charge on any atom is 0.226 e. The fraction of sp³-hybridized carbons (Fsp3) is 0.536. The Morgan fingerprint density at radius 2 is 2.00 bits per heavy atom. The van der Waals surface area contributed by atoms with Crippen LogP contribution >= 0.6 is 0 Å². The predicted molar refractivity (Wildman–Crippen MR) is 148 cm³/mol. The summed E-state index contributed by atoms with van der Waals surface area (Å²) < 4.78 is 13.1. The van der Waals surface area contributed by atoms with E-state index < -0.39 is 0 Å². The smallest absolute Gasteiger partial charge is 0.226 e. The van der Waals surface area contributed by atoms with Crippen LogP contribution in [0.15, 0.2) is 41.9 Å². The lowest BCUT2D eigenvalue weighted by Gasteiger charge is -2.32. The minimum absolute atomic E-state index is 0.263. The second-order valence-electron chi connectivity index (χ2n) is 10.2. The number of nitrogens with one attached hydrogen (secondary N) is 1. The van der Waals surface area contributed by atoms with Gasteiger partial charge in [0, 0.05) is 56.6 Å². The molecule has 0 aliphatic carbocycles. The maximum absolute atomic E-state index is 6.06. The number of oxime groups is 1. The maximum atomic E-state index is 6.06. The molecule has 0 spiro atoms. The van der Waals surface area contributed by atoms with Gasteiger partial charge < -0.3 is 34.8 Å². The van der Waals surface area contributed by atoms with E-state index in [2.05, 4.69) is 55.3 Å². The second-order valence-corrected chi connectivity index (χ2v) is 10.2. The van der Waals surface area contributed by atoms with Crippen molar-refractivity contribution in [3.8, 4) is 5.75 Å². The van der Waals surface area contributed by atoms with E-state index in [1.807, 2.05) is 6.07 Å². The molecule has 2 saturated heterocycles. The monoisotopic (exact) mass is 521 g/mol. The van der Waals surface area contributed by atoms with E-state index in [9.17, 15) is 0 Å². The van der Waals surface area contributed by atoms with Crippen LogP contribution in [0.1, 0.15) is 43.2 Å². The molecule has 4 heterocycles. The number of nitrogens with two attached hydrogens (primary N) is 1. The van der Waals surface area contributed by atoms with E-state index in [1.165, 1.54) is 16.5 Å². The number of aryl methyl sites for hydroxylation is 1. The van der Waals surface area contributed by atoms with E-state index in [0.717, 1.165) is 76.4 Å². The summed E-state index contributed by atoms with van der Waals surface area (Å²) in [5.74, 6) is 2.55. The SMILES string of the molecule is COc1ccc2c(CCNCC3CCN(c4ncc(/C(N)=N/OC5CCCCO5)cn4)CC3)cn(C)c2c1. The molecule has 1 unspecified atom stereocenters. The molecule has 2 aliphatic rings. The van der Waals surface area contributed by atoms with Crippen LogP contribution in [0.2, 0.25) is 0 Å². The van der Waals surface area contributed by atoms with Crippen molar-refractivity contribution in [2.75, 3.05) is 44.8 Å². The van der Waals surface area contributed by atoms with E-state index in [1.54, 1.807) is 19.5 Å². The number of methoxy groups -OCH3 is 1. The molecule has 0 saturated carbocycles. The van der Waals surface area contributed by atoms with Crippen LogP contribution < -0.4 is 20.7 Å².